The Labute approximate surface area is 78.8 Å². The largest absolute Gasteiger partial charge is 0.206 e. The highest BCUT2D eigenvalue weighted by Gasteiger charge is 2.11. The van der Waals surface area contributed by atoms with Crippen LogP contribution in [0.5, 0.6) is 0 Å². The van der Waals surface area contributed by atoms with E-state index in [0.29, 0.717) is 0 Å². The molecule has 0 aliphatic heterocycles. The van der Waals surface area contributed by atoms with Crippen LogP contribution in [0.4, 0.5) is 8.78 Å². The predicted octanol–water partition coefficient (Wildman–Crippen LogP) is 3.74. The molecule has 68 valence electrons. The lowest BCUT2D eigenvalue weighted by Crippen LogP contribution is -1.84. The van der Waals surface area contributed by atoms with Crippen LogP contribution < -0.4 is 0 Å². The van der Waals surface area contributed by atoms with E-state index in [9.17, 15) is 8.78 Å². The van der Waals surface area contributed by atoms with E-state index in [-0.39, 0.29) is 5.39 Å². The monoisotopic (exact) mass is 198 g/mol. The zero-order valence-corrected chi connectivity index (χ0v) is 7.92. The van der Waals surface area contributed by atoms with E-state index in [4.69, 9.17) is 0 Å². The molecule has 0 fully saturated rings. The normalized spacial score (nSPS) is 11.0. The first-order valence-electron chi connectivity index (χ1n) is 4.08. The van der Waals surface area contributed by atoms with Crippen molar-refractivity contribution in [2.24, 2.45) is 0 Å². The number of rotatable bonds is 1. The van der Waals surface area contributed by atoms with Gasteiger partial charge in [-0.25, -0.2) is 8.78 Å². The van der Waals surface area contributed by atoms with Gasteiger partial charge in [-0.1, -0.05) is 13.0 Å². The van der Waals surface area contributed by atoms with Gasteiger partial charge in [0.1, 0.15) is 11.6 Å². The van der Waals surface area contributed by atoms with Crippen LogP contribution in [0, 0.1) is 11.6 Å². The molecule has 1 aromatic carbocycles. The van der Waals surface area contributed by atoms with Crippen LogP contribution in [0.2, 0.25) is 0 Å². The van der Waals surface area contributed by atoms with E-state index in [1.54, 1.807) is 6.07 Å². The average Bonchev–Trinajstić information content (AvgIpc) is 2.50. The average molecular weight is 198 g/mol. The van der Waals surface area contributed by atoms with E-state index >= 15 is 0 Å². The molecule has 1 aromatic heterocycles. The summed E-state index contributed by atoms with van der Waals surface area (Å²) in [7, 11) is 0. The van der Waals surface area contributed by atoms with Crippen LogP contribution in [0.15, 0.2) is 17.5 Å². The number of aryl methyl sites for hydroxylation is 1. The van der Waals surface area contributed by atoms with Crippen molar-refractivity contribution in [3.05, 3.63) is 34.7 Å². The summed E-state index contributed by atoms with van der Waals surface area (Å²) >= 11 is 1.26. The lowest BCUT2D eigenvalue weighted by molar-refractivity contribution is 0.611. The topological polar surface area (TPSA) is 0 Å². The summed E-state index contributed by atoms with van der Waals surface area (Å²) in [5.41, 5.74) is 1.00. The standard InChI is InChI=1S/C10H8F2S/c1-2-6-3-4-7(11)9-8(12)5-13-10(6)9/h3-5H,2H2,1H3. The summed E-state index contributed by atoms with van der Waals surface area (Å²) in [6.45, 7) is 1.98. The van der Waals surface area contributed by atoms with Crippen LogP contribution in [-0.4, -0.2) is 0 Å². The molecule has 0 bridgehead atoms. The molecule has 0 aliphatic carbocycles. The quantitative estimate of drug-likeness (QED) is 0.654. The maximum atomic E-state index is 13.2. The number of halogens is 2. The van der Waals surface area contributed by atoms with Crippen molar-refractivity contribution >= 4 is 21.4 Å². The first kappa shape index (κ1) is 8.63. The molecule has 2 aromatic rings. The highest BCUT2D eigenvalue weighted by Crippen LogP contribution is 2.30. The Bertz CT molecular complexity index is 445. The highest BCUT2D eigenvalue weighted by atomic mass is 32.1. The van der Waals surface area contributed by atoms with Crippen molar-refractivity contribution < 1.29 is 8.78 Å². The third kappa shape index (κ3) is 1.23. The van der Waals surface area contributed by atoms with E-state index in [2.05, 4.69) is 0 Å². The Morgan fingerprint density at radius 2 is 2.00 bits per heavy atom. The first-order valence-corrected chi connectivity index (χ1v) is 4.96. The van der Waals surface area contributed by atoms with Gasteiger partial charge < -0.3 is 0 Å². The van der Waals surface area contributed by atoms with Crippen molar-refractivity contribution in [2.45, 2.75) is 13.3 Å². The first-order chi connectivity index (χ1) is 6.24. The fraction of sp³-hybridized carbons (Fsp3) is 0.200. The molecule has 0 atom stereocenters. The smallest absolute Gasteiger partial charge is 0.144 e. The molecule has 0 N–H and O–H groups in total. The van der Waals surface area contributed by atoms with Gasteiger partial charge in [-0.3, -0.25) is 0 Å². The minimum Gasteiger partial charge on any atom is -0.206 e. The second kappa shape index (κ2) is 3.07. The summed E-state index contributed by atoms with van der Waals surface area (Å²) < 4.78 is 27.0. The number of thiophene rings is 1. The van der Waals surface area contributed by atoms with Crippen molar-refractivity contribution in [1.29, 1.82) is 0 Å². The summed E-state index contributed by atoms with van der Waals surface area (Å²) in [5, 5.41) is 1.50. The van der Waals surface area contributed by atoms with Gasteiger partial charge >= 0.3 is 0 Å². The van der Waals surface area contributed by atoms with E-state index in [1.807, 2.05) is 6.92 Å². The Kier molecular flexibility index (Phi) is 2.04. The van der Waals surface area contributed by atoms with Gasteiger partial charge in [-0.15, -0.1) is 11.3 Å². The maximum Gasteiger partial charge on any atom is 0.144 e. The van der Waals surface area contributed by atoms with Gasteiger partial charge in [-0.2, -0.15) is 0 Å². The van der Waals surface area contributed by atoms with Gasteiger partial charge in [-0.05, 0) is 18.1 Å². The van der Waals surface area contributed by atoms with Crippen molar-refractivity contribution in [3.63, 3.8) is 0 Å². The molecule has 0 spiro atoms. The number of fused-ring (bicyclic) bond motifs is 1. The Hall–Kier alpha value is -0.960. The SMILES string of the molecule is CCc1ccc(F)c2c(F)csc12. The molecule has 0 unspecified atom stereocenters. The van der Waals surface area contributed by atoms with Crippen molar-refractivity contribution in [2.75, 3.05) is 0 Å². The summed E-state index contributed by atoms with van der Waals surface area (Å²) in [6, 6.07) is 3.05. The molecule has 0 saturated heterocycles. The van der Waals surface area contributed by atoms with E-state index < -0.39 is 11.6 Å². The van der Waals surface area contributed by atoms with E-state index in [0.717, 1.165) is 16.7 Å². The molecule has 0 amide bonds. The number of hydrogen-bond donors (Lipinski definition) is 0. The lowest BCUT2D eigenvalue weighted by Gasteiger charge is -1.99. The molecule has 0 radical (unpaired) electrons. The fourth-order valence-electron chi connectivity index (χ4n) is 1.41. The van der Waals surface area contributed by atoms with Crippen molar-refractivity contribution in [3.8, 4) is 0 Å². The van der Waals surface area contributed by atoms with E-state index in [1.165, 1.54) is 22.8 Å². The predicted molar refractivity (Wildman–Crippen MR) is 51.1 cm³/mol. The molecule has 1 heterocycles. The minimum absolute atomic E-state index is 0.143. The van der Waals surface area contributed by atoms with Crippen LogP contribution in [-0.2, 0) is 6.42 Å². The Morgan fingerprint density at radius 3 is 2.69 bits per heavy atom. The van der Waals surface area contributed by atoms with Gasteiger partial charge in [0.25, 0.3) is 0 Å². The molecule has 3 heteroatoms. The molecule has 0 nitrogen and oxygen atoms in total. The number of benzene rings is 1. The third-order valence-electron chi connectivity index (χ3n) is 2.09. The van der Waals surface area contributed by atoms with Crippen LogP contribution in [0.1, 0.15) is 12.5 Å². The second-order valence-corrected chi connectivity index (χ2v) is 3.73. The minimum atomic E-state index is -0.467. The molecule has 13 heavy (non-hydrogen) atoms. The number of hydrogen-bond acceptors (Lipinski definition) is 1. The summed E-state index contributed by atoms with van der Waals surface area (Å²) in [6.07, 6.45) is 0.802. The van der Waals surface area contributed by atoms with Crippen LogP contribution in [0.25, 0.3) is 10.1 Å². The van der Waals surface area contributed by atoms with Gasteiger partial charge in [0, 0.05) is 10.1 Å². The third-order valence-corrected chi connectivity index (χ3v) is 3.12. The lowest BCUT2D eigenvalue weighted by atomic mass is 10.1. The molecular weight excluding hydrogens is 190 g/mol. The highest BCUT2D eigenvalue weighted by molar-refractivity contribution is 7.17. The van der Waals surface area contributed by atoms with Crippen LogP contribution in [0.3, 0.4) is 0 Å². The zero-order chi connectivity index (χ0) is 9.42. The molecular formula is C10H8F2S. The molecule has 2 rings (SSSR count). The van der Waals surface area contributed by atoms with Gasteiger partial charge in [0.05, 0.1) is 5.39 Å². The zero-order valence-electron chi connectivity index (χ0n) is 7.10. The summed E-state index contributed by atoms with van der Waals surface area (Å²) in [4.78, 5) is 0. The Balaban J connectivity index is 2.87. The molecule has 0 saturated carbocycles. The van der Waals surface area contributed by atoms with Crippen molar-refractivity contribution in [1.82, 2.24) is 0 Å². The van der Waals surface area contributed by atoms with Gasteiger partial charge in [0.2, 0.25) is 0 Å². The van der Waals surface area contributed by atoms with Crippen LogP contribution >= 0.6 is 11.3 Å². The summed E-state index contributed by atoms with van der Waals surface area (Å²) in [5.74, 6) is -0.918. The Morgan fingerprint density at radius 1 is 1.23 bits per heavy atom. The molecule has 0 aliphatic rings. The fourth-order valence-corrected chi connectivity index (χ4v) is 2.42. The maximum absolute atomic E-state index is 13.2. The second-order valence-electron chi connectivity index (χ2n) is 2.85. The van der Waals surface area contributed by atoms with Gasteiger partial charge in [0.15, 0.2) is 0 Å².